The standard InChI is InChI=1S/C14H21ClFN/c1-3-4-5-6-11(2)17-10-12-7-8-13(15)14(16)9-12/h7-9,11,17H,3-6,10H2,1-2H3. The molecule has 1 atom stereocenters. The average Bonchev–Trinajstić information content (AvgIpc) is 2.31. The van der Waals surface area contributed by atoms with Crippen LogP contribution in [0.25, 0.3) is 0 Å². The van der Waals surface area contributed by atoms with E-state index in [2.05, 4.69) is 19.2 Å². The molecule has 17 heavy (non-hydrogen) atoms. The summed E-state index contributed by atoms with van der Waals surface area (Å²) in [7, 11) is 0. The van der Waals surface area contributed by atoms with E-state index in [4.69, 9.17) is 11.6 Å². The number of rotatable bonds is 7. The van der Waals surface area contributed by atoms with Gasteiger partial charge in [-0.2, -0.15) is 0 Å². The molecule has 0 bridgehead atoms. The van der Waals surface area contributed by atoms with Crippen LogP contribution >= 0.6 is 11.6 Å². The largest absolute Gasteiger partial charge is 0.310 e. The van der Waals surface area contributed by atoms with Crippen LogP contribution in [0.15, 0.2) is 18.2 Å². The van der Waals surface area contributed by atoms with Crippen LogP contribution in [-0.4, -0.2) is 6.04 Å². The van der Waals surface area contributed by atoms with E-state index in [1.54, 1.807) is 6.07 Å². The van der Waals surface area contributed by atoms with Crippen molar-refractivity contribution in [2.45, 2.75) is 52.1 Å². The maximum absolute atomic E-state index is 13.2. The molecule has 1 N–H and O–H groups in total. The number of hydrogen-bond acceptors (Lipinski definition) is 1. The van der Waals surface area contributed by atoms with Crippen molar-refractivity contribution in [3.8, 4) is 0 Å². The summed E-state index contributed by atoms with van der Waals surface area (Å²) in [4.78, 5) is 0. The molecule has 1 rings (SSSR count). The van der Waals surface area contributed by atoms with Gasteiger partial charge in [-0.15, -0.1) is 0 Å². The molecule has 3 heteroatoms. The molecule has 0 spiro atoms. The Hall–Kier alpha value is -0.600. The van der Waals surface area contributed by atoms with E-state index >= 15 is 0 Å². The van der Waals surface area contributed by atoms with Crippen molar-refractivity contribution in [1.82, 2.24) is 5.32 Å². The van der Waals surface area contributed by atoms with E-state index in [-0.39, 0.29) is 10.8 Å². The van der Waals surface area contributed by atoms with Gasteiger partial charge in [-0.3, -0.25) is 0 Å². The lowest BCUT2D eigenvalue weighted by Crippen LogP contribution is -2.25. The first-order chi connectivity index (χ1) is 8.13. The van der Waals surface area contributed by atoms with E-state index in [1.807, 2.05) is 6.07 Å². The Morgan fingerprint density at radius 2 is 2.12 bits per heavy atom. The number of unbranched alkanes of at least 4 members (excludes halogenated alkanes) is 2. The predicted molar refractivity (Wildman–Crippen MR) is 71.9 cm³/mol. The van der Waals surface area contributed by atoms with Crippen molar-refractivity contribution in [3.05, 3.63) is 34.6 Å². The predicted octanol–water partition coefficient (Wildman–Crippen LogP) is 4.54. The van der Waals surface area contributed by atoms with Crippen molar-refractivity contribution >= 4 is 11.6 Å². The summed E-state index contributed by atoms with van der Waals surface area (Å²) in [6.07, 6.45) is 4.94. The molecule has 0 amide bonds. The highest BCUT2D eigenvalue weighted by Crippen LogP contribution is 2.15. The van der Waals surface area contributed by atoms with Crippen molar-refractivity contribution in [2.24, 2.45) is 0 Å². The smallest absolute Gasteiger partial charge is 0.142 e. The van der Waals surface area contributed by atoms with Crippen molar-refractivity contribution in [2.75, 3.05) is 0 Å². The molecule has 1 aromatic carbocycles. The van der Waals surface area contributed by atoms with E-state index in [1.165, 1.54) is 31.7 Å². The fourth-order valence-electron chi connectivity index (χ4n) is 1.74. The molecule has 1 aromatic rings. The van der Waals surface area contributed by atoms with E-state index in [9.17, 15) is 4.39 Å². The topological polar surface area (TPSA) is 12.0 Å². The normalized spacial score (nSPS) is 12.7. The summed E-state index contributed by atoms with van der Waals surface area (Å²) in [5.41, 5.74) is 0.939. The van der Waals surface area contributed by atoms with Crippen molar-refractivity contribution in [3.63, 3.8) is 0 Å². The SMILES string of the molecule is CCCCCC(C)NCc1ccc(Cl)c(F)c1. The maximum atomic E-state index is 13.2. The minimum atomic E-state index is -0.343. The molecule has 0 aromatic heterocycles. The molecule has 0 saturated heterocycles. The number of nitrogens with one attached hydrogen (secondary N) is 1. The number of benzene rings is 1. The molecular weight excluding hydrogens is 237 g/mol. The molecule has 0 aliphatic heterocycles. The molecule has 0 saturated carbocycles. The highest BCUT2D eigenvalue weighted by molar-refractivity contribution is 6.30. The second-order valence-corrected chi connectivity index (χ2v) is 4.93. The monoisotopic (exact) mass is 257 g/mol. The first-order valence-electron chi connectivity index (χ1n) is 6.30. The van der Waals surface area contributed by atoms with Gasteiger partial charge >= 0.3 is 0 Å². The van der Waals surface area contributed by atoms with Crippen LogP contribution in [0.3, 0.4) is 0 Å². The second kappa shape index (κ2) is 7.67. The summed E-state index contributed by atoms with van der Waals surface area (Å²) in [5, 5.41) is 3.58. The summed E-state index contributed by atoms with van der Waals surface area (Å²) in [5.74, 6) is -0.343. The van der Waals surface area contributed by atoms with Crippen LogP contribution in [0.5, 0.6) is 0 Å². The summed E-state index contributed by atoms with van der Waals surface area (Å²) in [6.45, 7) is 5.07. The first-order valence-corrected chi connectivity index (χ1v) is 6.68. The van der Waals surface area contributed by atoms with E-state index < -0.39 is 0 Å². The molecule has 0 aliphatic carbocycles. The van der Waals surface area contributed by atoms with Gasteiger partial charge in [0, 0.05) is 12.6 Å². The zero-order valence-electron chi connectivity index (χ0n) is 10.6. The number of halogens is 2. The molecule has 0 aliphatic rings. The zero-order chi connectivity index (χ0) is 12.7. The lowest BCUT2D eigenvalue weighted by atomic mass is 10.1. The summed E-state index contributed by atoms with van der Waals surface area (Å²) < 4.78 is 13.2. The Balaban J connectivity index is 2.31. The summed E-state index contributed by atoms with van der Waals surface area (Å²) in [6, 6.07) is 5.43. The molecule has 1 nitrogen and oxygen atoms in total. The highest BCUT2D eigenvalue weighted by atomic mass is 35.5. The van der Waals surface area contributed by atoms with Gasteiger partial charge in [-0.25, -0.2) is 4.39 Å². The third-order valence-corrected chi connectivity index (χ3v) is 3.19. The Labute approximate surface area is 108 Å². The minimum Gasteiger partial charge on any atom is -0.310 e. The van der Waals surface area contributed by atoms with E-state index in [0.29, 0.717) is 12.6 Å². The Morgan fingerprint density at radius 3 is 2.76 bits per heavy atom. The molecule has 0 heterocycles. The summed E-state index contributed by atoms with van der Waals surface area (Å²) >= 11 is 5.63. The van der Waals surface area contributed by atoms with Gasteiger partial charge in [0.1, 0.15) is 5.82 Å². The van der Waals surface area contributed by atoms with E-state index in [0.717, 1.165) is 5.56 Å². The van der Waals surface area contributed by atoms with Gasteiger partial charge in [-0.1, -0.05) is 43.9 Å². The minimum absolute atomic E-state index is 0.185. The third-order valence-electron chi connectivity index (χ3n) is 2.88. The first kappa shape index (κ1) is 14.5. The van der Waals surface area contributed by atoms with Gasteiger partial charge < -0.3 is 5.32 Å². The van der Waals surface area contributed by atoms with Crippen LogP contribution in [0.1, 0.15) is 45.1 Å². The van der Waals surface area contributed by atoms with Crippen LogP contribution in [0.4, 0.5) is 4.39 Å². The van der Waals surface area contributed by atoms with Crippen LogP contribution in [0.2, 0.25) is 5.02 Å². The van der Waals surface area contributed by atoms with Crippen LogP contribution in [0, 0.1) is 5.82 Å². The maximum Gasteiger partial charge on any atom is 0.142 e. The highest BCUT2D eigenvalue weighted by Gasteiger charge is 2.03. The quantitative estimate of drug-likeness (QED) is 0.708. The Kier molecular flexibility index (Phi) is 6.53. The number of hydrogen-bond donors (Lipinski definition) is 1. The lowest BCUT2D eigenvalue weighted by molar-refractivity contribution is 0.486. The van der Waals surface area contributed by atoms with Crippen LogP contribution < -0.4 is 5.32 Å². The zero-order valence-corrected chi connectivity index (χ0v) is 11.4. The third kappa shape index (κ3) is 5.51. The van der Waals surface area contributed by atoms with Crippen molar-refractivity contribution < 1.29 is 4.39 Å². The molecular formula is C14H21ClFN. The fourth-order valence-corrected chi connectivity index (χ4v) is 1.86. The van der Waals surface area contributed by atoms with Crippen molar-refractivity contribution in [1.29, 1.82) is 0 Å². The van der Waals surface area contributed by atoms with Gasteiger partial charge in [0.15, 0.2) is 0 Å². The molecule has 0 radical (unpaired) electrons. The van der Waals surface area contributed by atoms with Gasteiger partial charge in [0.25, 0.3) is 0 Å². The van der Waals surface area contributed by atoms with Gasteiger partial charge in [-0.05, 0) is 31.0 Å². The fraction of sp³-hybridized carbons (Fsp3) is 0.571. The molecule has 96 valence electrons. The molecule has 1 unspecified atom stereocenters. The second-order valence-electron chi connectivity index (χ2n) is 4.53. The Bertz CT molecular complexity index is 341. The molecule has 0 fully saturated rings. The Morgan fingerprint density at radius 1 is 1.35 bits per heavy atom. The van der Waals surface area contributed by atoms with Gasteiger partial charge in [0.2, 0.25) is 0 Å². The van der Waals surface area contributed by atoms with Gasteiger partial charge in [0.05, 0.1) is 5.02 Å². The lowest BCUT2D eigenvalue weighted by Gasteiger charge is -2.13. The van der Waals surface area contributed by atoms with Crippen LogP contribution in [-0.2, 0) is 6.54 Å². The average molecular weight is 258 g/mol.